The Morgan fingerprint density at radius 1 is 1.00 bits per heavy atom. The van der Waals surface area contributed by atoms with Gasteiger partial charge in [0.05, 0.1) is 4.90 Å². The average Bonchev–Trinajstić information content (AvgIpc) is 2.35. The van der Waals surface area contributed by atoms with Gasteiger partial charge in [-0.25, -0.2) is 0 Å². The summed E-state index contributed by atoms with van der Waals surface area (Å²) in [6, 6.07) is 8.29. The van der Waals surface area contributed by atoms with E-state index >= 15 is 0 Å². The molecule has 0 radical (unpaired) electrons. The number of piperidine rings is 1. The van der Waals surface area contributed by atoms with Crippen LogP contribution in [0.1, 0.15) is 47.0 Å². The average molecular weight is 297 g/mol. The van der Waals surface area contributed by atoms with Crippen molar-refractivity contribution in [2.45, 2.75) is 62.9 Å². The maximum Gasteiger partial charge on any atom is 0.313 e. The van der Waals surface area contributed by atoms with Crippen molar-refractivity contribution < 1.29 is 12.7 Å². The topological polar surface area (TPSA) is 46.6 Å². The third-order valence-corrected chi connectivity index (χ3v) is 5.08. The van der Waals surface area contributed by atoms with E-state index in [0.29, 0.717) is 0 Å². The first-order valence-corrected chi connectivity index (χ1v) is 8.36. The molecule has 0 amide bonds. The SMILES string of the molecule is CC1(C)CCCC(C)(C)N1OS(=O)(=O)c1ccccc1. The number of rotatable bonds is 3. The van der Waals surface area contributed by atoms with Crippen LogP contribution in [0.15, 0.2) is 35.2 Å². The molecule has 1 aromatic rings. The molecule has 20 heavy (non-hydrogen) atoms. The lowest BCUT2D eigenvalue weighted by atomic mass is 9.82. The van der Waals surface area contributed by atoms with Gasteiger partial charge in [0, 0.05) is 11.1 Å². The predicted octanol–water partition coefficient (Wildman–Crippen LogP) is 3.35. The highest BCUT2D eigenvalue weighted by Crippen LogP contribution is 2.39. The Morgan fingerprint density at radius 2 is 1.50 bits per heavy atom. The molecule has 1 aliphatic rings. The Labute approximate surface area is 121 Å². The van der Waals surface area contributed by atoms with Gasteiger partial charge in [-0.3, -0.25) is 0 Å². The van der Waals surface area contributed by atoms with E-state index in [1.165, 1.54) is 0 Å². The van der Waals surface area contributed by atoms with E-state index in [1.54, 1.807) is 35.4 Å². The van der Waals surface area contributed by atoms with E-state index in [0.717, 1.165) is 19.3 Å². The van der Waals surface area contributed by atoms with Crippen molar-refractivity contribution in [3.05, 3.63) is 30.3 Å². The molecule has 0 bridgehead atoms. The van der Waals surface area contributed by atoms with Gasteiger partial charge in [-0.05, 0) is 59.1 Å². The molecular weight excluding hydrogens is 274 g/mol. The van der Waals surface area contributed by atoms with Gasteiger partial charge in [0.1, 0.15) is 0 Å². The summed E-state index contributed by atoms with van der Waals surface area (Å²) < 4.78 is 30.3. The molecular formula is C15H23NO3S. The van der Waals surface area contributed by atoms with Crippen LogP contribution in [0.3, 0.4) is 0 Å². The van der Waals surface area contributed by atoms with E-state index in [-0.39, 0.29) is 16.0 Å². The number of nitrogens with zero attached hydrogens (tertiary/aromatic N) is 1. The predicted molar refractivity (Wildman–Crippen MR) is 78.6 cm³/mol. The summed E-state index contributed by atoms with van der Waals surface area (Å²) in [4.78, 5) is 0.192. The summed E-state index contributed by atoms with van der Waals surface area (Å²) in [6.07, 6.45) is 2.91. The maximum atomic E-state index is 12.4. The van der Waals surface area contributed by atoms with Crippen LogP contribution in [-0.2, 0) is 14.4 Å². The Morgan fingerprint density at radius 3 is 2.00 bits per heavy atom. The number of benzene rings is 1. The van der Waals surface area contributed by atoms with Crippen molar-refractivity contribution in [1.82, 2.24) is 5.06 Å². The second-order valence-corrected chi connectivity index (χ2v) is 8.14. The Hall–Kier alpha value is -0.910. The van der Waals surface area contributed by atoms with Crippen molar-refractivity contribution in [2.24, 2.45) is 0 Å². The third-order valence-electron chi connectivity index (χ3n) is 3.88. The molecule has 1 fully saturated rings. The van der Waals surface area contributed by atoms with Crippen LogP contribution in [-0.4, -0.2) is 24.6 Å². The van der Waals surface area contributed by atoms with Gasteiger partial charge in [0.25, 0.3) is 0 Å². The fourth-order valence-electron chi connectivity index (χ4n) is 2.91. The summed E-state index contributed by atoms with van der Waals surface area (Å²) >= 11 is 0. The van der Waals surface area contributed by atoms with Crippen LogP contribution < -0.4 is 0 Å². The molecule has 2 rings (SSSR count). The van der Waals surface area contributed by atoms with Crippen molar-refractivity contribution in [3.8, 4) is 0 Å². The van der Waals surface area contributed by atoms with E-state index in [2.05, 4.69) is 0 Å². The van der Waals surface area contributed by atoms with Crippen LogP contribution in [0.4, 0.5) is 0 Å². The minimum atomic E-state index is -3.78. The lowest BCUT2D eigenvalue weighted by Crippen LogP contribution is -2.58. The third kappa shape index (κ3) is 3.05. The standard InChI is InChI=1S/C15H23NO3S/c1-14(2)11-8-12-15(3,4)16(14)19-20(17,18)13-9-6-5-7-10-13/h5-7,9-10H,8,11-12H2,1-4H3. The summed E-state index contributed by atoms with van der Waals surface area (Å²) in [5.74, 6) is 0. The molecule has 0 aromatic heterocycles. The van der Waals surface area contributed by atoms with Crippen molar-refractivity contribution in [1.29, 1.82) is 0 Å². The van der Waals surface area contributed by atoms with E-state index in [9.17, 15) is 8.42 Å². The smallest absolute Gasteiger partial charge is 0.192 e. The molecule has 1 aliphatic heterocycles. The van der Waals surface area contributed by atoms with Gasteiger partial charge in [-0.15, -0.1) is 0 Å². The zero-order valence-corrected chi connectivity index (χ0v) is 13.4. The van der Waals surface area contributed by atoms with Gasteiger partial charge >= 0.3 is 10.1 Å². The van der Waals surface area contributed by atoms with Crippen LogP contribution in [0, 0.1) is 0 Å². The first-order chi connectivity index (χ1) is 9.15. The Kier molecular flexibility index (Phi) is 3.97. The fraction of sp³-hybridized carbons (Fsp3) is 0.600. The monoisotopic (exact) mass is 297 g/mol. The van der Waals surface area contributed by atoms with Crippen molar-refractivity contribution >= 4 is 10.1 Å². The fourth-order valence-corrected chi connectivity index (χ4v) is 4.08. The summed E-state index contributed by atoms with van der Waals surface area (Å²) in [7, 11) is -3.78. The highest BCUT2D eigenvalue weighted by atomic mass is 32.2. The van der Waals surface area contributed by atoms with Crippen molar-refractivity contribution in [3.63, 3.8) is 0 Å². The summed E-state index contributed by atoms with van der Waals surface area (Å²) in [5.41, 5.74) is -0.604. The largest absolute Gasteiger partial charge is 0.313 e. The number of hydrogen-bond donors (Lipinski definition) is 0. The first kappa shape index (κ1) is 15.5. The summed E-state index contributed by atoms with van der Waals surface area (Å²) in [5, 5.41) is 1.66. The molecule has 0 atom stereocenters. The molecule has 1 aromatic carbocycles. The number of hydrogen-bond acceptors (Lipinski definition) is 4. The second kappa shape index (κ2) is 5.13. The lowest BCUT2D eigenvalue weighted by Gasteiger charge is -2.50. The van der Waals surface area contributed by atoms with Crippen LogP contribution in [0.5, 0.6) is 0 Å². The van der Waals surface area contributed by atoms with Crippen LogP contribution in [0.25, 0.3) is 0 Å². The molecule has 1 heterocycles. The highest BCUT2D eigenvalue weighted by Gasteiger charge is 2.45. The minimum absolute atomic E-state index is 0.192. The Bertz CT molecular complexity index is 548. The van der Waals surface area contributed by atoms with Gasteiger partial charge < -0.3 is 0 Å². The van der Waals surface area contributed by atoms with E-state index in [1.807, 2.05) is 27.7 Å². The van der Waals surface area contributed by atoms with Gasteiger partial charge in [-0.2, -0.15) is 17.8 Å². The quantitative estimate of drug-likeness (QED) is 0.858. The minimum Gasteiger partial charge on any atom is -0.192 e. The molecule has 0 saturated carbocycles. The van der Waals surface area contributed by atoms with Crippen LogP contribution in [0.2, 0.25) is 0 Å². The lowest BCUT2D eigenvalue weighted by molar-refractivity contribution is -0.213. The molecule has 0 aliphatic carbocycles. The van der Waals surface area contributed by atoms with Gasteiger partial charge in [0.15, 0.2) is 0 Å². The molecule has 112 valence electrons. The number of hydroxylamine groups is 2. The molecule has 4 nitrogen and oxygen atoms in total. The van der Waals surface area contributed by atoms with Crippen LogP contribution >= 0.6 is 0 Å². The molecule has 0 N–H and O–H groups in total. The van der Waals surface area contributed by atoms with E-state index in [4.69, 9.17) is 4.28 Å². The molecule has 0 spiro atoms. The normalized spacial score (nSPS) is 22.6. The van der Waals surface area contributed by atoms with Gasteiger partial charge in [-0.1, -0.05) is 18.2 Å². The molecule has 0 unspecified atom stereocenters. The second-order valence-electron chi connectivity index (χ2n) is 6.61. The first-order valence-electron chi connectivity index (χ1n) is 6.95. The van der Waals surface area contributed by atoms with Gasteiger partial charge in [0.2, 0.25) is 0 Å². The van der Waals surface area contributed by atoms with E-state index < -0.39 is 10.1 Å². The Balaban J connectivity index is 2.32. The summed E-state index contributed by atoms with van der Waals surface area (Å²) in [6.45, 7) is 8.09. The maximum absolute atomic E-state index is 12.4. The zero-order chi connectivity index (χ0) is 15.0. The van der Waals surface area contributed by atoms with Crippen molar-refractivity contribution in [2.75, 3.05) is 0 Å². The molecule has 1 saturated heterocycles. The highest BCUT2D eigenvalue weighted by molar-refractivity contribution is 7.86. The molecule has 5 heteroatoms. The zero-order valence-electron chi connectivity index (χ0n) is 12.6.